The number of nitrogens with zero attached hydrogens (tertiary/aromatic N) is 1. The molecule has 0 bridgehead atoms. The van der Waals surface area contributed by atoms with Crippen LogP contribution in [0.5, 0.6) is 11.5 Å². The third-order valence-electron chi connectivity index (χ3n) is 5.45. The number of nitrogens with two attached hydrogens (primary N) is 1. The lowest BCUT2D eigenvalue weighted by atomic mass is 9.97. The Morgan fingerprint density at radius 2 is 1.65 bits per heavy atom. The minimum absolute atomic E-state index is 0.174. The summed E-state index contributed by atoms with van der Waals surface area (Å²) in [4.78, 5) is 14.7. The van der Waals surface area contributed by atoms with Gasteiger partial charge in [0.05, 0.1) is 16.0 Å². The molecule has 5 nitrogen and oxygen atoms in total. The van der Waals surface area contributed by atoms with Crippen LogP contribution in [0.2, 0.25) is 10.0 Å². The Balaban J connectivity index is 1.47. The molecule has 0 aliphatic carbocycles. The van der Waals surface area contributed by atoms with Gasteiger partial charge in [0, 0.05) is 19.6 Å². The van der Waals surface area contributed by atoms with Gasteiger partial charge in [0.2, 0.25) is 5.91 Å². The van der Waals surface area contributed by atoms with Crippen molar-refractivity contribution in [3.63, 3.8) is 0 Å². The van der Waals surface area contributed by atoms with E-state index in [1.165, 1.54) is 6.42 Å². The minimum atomic E-state index is -0.178. The van der Waals surface area contributed by atoms with Gasteiger partial charge in [-0.25, -0.2) is 0 Å². The average molecular weight is 465 g/mol. The minimum Gasteiger partial charge on any atom is -0.490 e. The highest BCUT2D eigenvalue weighted by Gasteiger charge is 2.24. The predicted molar refractivity (Wildman–Crippen MR) is 125 cm³/mol. The van der Waals surface area contributed by atoms with Crippen molar-refractivity contribution >= 4 is 29.1 Å². The lowest BCUT2D eigenvalue weighted by Gasteiger charge is -2.30. The summed E-state index contributed by atoms with van der Waals surface area (Å²) in [6, 6.07) is 11.4. The van der Waals surface area contributed by atoms with E-state index in [0.29, 0.717) is 42.0 Å². The van der Waals surface area contributed by atoms with Crippen LogP contribution in [0.15, 0.2) is 36.4 Å². The van der Waals surface area contributed by atoms with Gasteiger partial charge >= 0.3 is 0 Å². The Morgan fingerprint density at radius 3 is 2.26 bits per heavy atom. The molecular weight excluding hydrogens is 435 g/mol. The summed E-state index contributed by atoms with van der Waals surface area (Å²) < 4.78 is 11.4. The average Bonchev–Trinajstić information content (AvgIpc) is 2.77. The third-order valence-corrected chi connectivity index (χ3v) is 6.01. The summed E-state index contributed by atoms with van der Waals surface area (Å²) in [5.74, 6) is 1.20. The smallest absolute Gasteiger partial charge is 0.227 e. The van der Waals surface area contributed by atoms with E-state index in [2.05, 4.69) is 0 Å². The summed E-state index contributed by atoms with van der Waals surface area (Å²) in [5.41, 5.74) is 7.96. The normalized spacial score (nSPS) is 14.9. The van der Waals surface area contributed by atoms with Crippen molar-refractivity contribution in [3.05, 3.63) is 57.6 Å². The first-order valence-electron chi connectivity index (χ1n) is 10.8. The highest BCUT2D eigenvalue weighted by atomic mass is 35.5. The Kier molecular flexibility index (Phi) is 8.88. The standard InChI is InChI=1S/C24H30Cl2N2O3/c1-17-13-21(25)23(22(26)14-17)31-12-11-30-20-7-5-18(6-8-20)15-19(16-27)24(29)28-9-3-2-4-10-28/h5-8,13-14,19H,2-4,9-12,15-16,27H2,1H3. The Morgan fingerprint density at radius 1 is 1.03 bits per heavy atom. The number of aryl methyl sites for hydroxylation is 1. The van der Waals surface area contributed by atoms with Crippen LogP contribution in [0.1, 0.15) is 30.4 Å². The van der Waals surface area contributed by atoms with E-state index >= 15 is 0 Å². The molecule has 1 heterocycles. The van der Waals surface area contributed by atoms with E-state index in [1.54, 1.807) is 0 Å². The quantitative estimate of drug-likeness (QED) is 0.536. The second kappa shape index (κ2) is 11.6. The van der Waals surface area contributed by atoms with Crippen LogP contribution in [0.3, 0.4) is 0 Å². The number of rotatable bonds is 9. The van der Waals surface area contributed by atoms with Gasteiger partial charge < -0.3 is 20.1 Å². The van der Waals surface area contributed by atoms with Crippen molar-refractivity contribution in [1.82, 2.24) is 4.90 Å². The number of ether oxygens (including phenoxy) is 2. The fourth-order valence-corrected chi connectivity index (χ4v) is 4.48. The monoisotopic (exact) mass is 464 g/mol. The van der Waals surface area contributed by atoms with Gasteiger partial charge in [0.1, 0.15) is 19.0 Å². The number of benzene rings is 2. The number of halogens is 2. The van der Waals surface area contributed by atoms with Crippen LogP contribution >= 0.6 is 23.2 Å². The van der Waals surface area contributed by atoms with Gasteiger partial charge in [-0.1, -0.05) is 35.3 Å². The maximum Gasteiger partial charge on any atom is 0.227 e. The summed E-state index contributed by atoms with van der Waals surface area (Å²) in [6.45, 7) is 4.66. The second-order valence-corrected chi connectivity index (χ2v) is 8.74. The Bertz CT molecular complexity index is 845. The Hall–Kier alpha value is -1.95. The maximum atomic E-state index is 12.7. The lowest BCUT2D eigenvalue weighted by molar-refractivity contribution is -0.136. The van der Waals surface area contributed by atoms with Crippen molar-refractivity contribution in [2.45, 2.75) is 32.6 Å². The van der Waals surface area contributed by atoms with Crippen LogP contribution in [-0.4, -0.2) is 43.7 Å². The number of piperidine rings is 1. The fourth-order valence-electron chi connectivity index (χ4n) is 3.78. The molecular formula is C24H30Cl2N2O3. The van der Waals surface area contributed by atoms with Crippen molar-refractivity contribution < 1.29 is 14.3 Å². The van der Waals surface area contributed by atoms with Crippen molar-refractivity contribution in [3.8, 4) is 11.5 Å². The van der Waals surface area contributed by atoms with Gasteiger partial charge in [0.15, 0.2) is 5.75 Å². The van der Waals surface area contributed by atoms with E-state index in [-0.39, 0.29) is 11.8 Å². The van der Waals surface area contributed by atoms with Gasteiger partial charge in [-0.15, -0.1) is 0 Å². The highest BCUT2D eigenvalue weighted by Crippen LogP contribution is 2.33. The van der Waals surface area contributed by atoms with Crippen molar-refractivity contribution in [1.29, 1.82) is 0 Å². The van der Waals surface area contributed by atoms with Crippen LogP contribution < -0.4 is 15.2 Å². The van der Waals surface area contributed by atoms with Crippen LogP contribution in [-0.2, 0) is 11.2 Å². The number of hydrogen-bond acceptors (Lipinski definition) is 4. The van der Waals surface area contributed by atoms with Gasteiger partial charge in [-0.3, -0.25) is 4.79 Å². The summed E-state index contributed by atoms with van der Waals surface area (Å²) >= 11 is 12.4. The van der Waals surface area contributed by atoms with E-state index in [0.717, 1.165) is 42.8 Å². The van der Waals surface area contributed by atoms with Crippen molar-refractivity contribution in [2.24, 2.45) is 11.7 Å². The van der Waals surface area contributed by atoms with Gasteiger partial charge in [0.25, 0.3) is 0 Å². The lowest BCUT2D eigenvalue weighted by Crippen LogP contribution is -2.42. The fraction of sp³-hybridized carbons (Fsp3) is 0.458. The molecule has 1 aliphatic rings. The molecule has 7 heteroatoms. The summed E-state index contributed by atoms with van der Waals surface area (Å²) in [7, 11) is 0. The molecule has 1 unspecified atom stereocenters. The number of hydrogen-bond donors (Lipinski definition) is 1. The molecule has 2 aromatic rings. The van der Waals surface area contributed by atoms with Crippen LogP contribution in [0.4, 0.5) is 0 Å². The molecule has 0 radical (unpaired) electrons. The number of carbonyl (C=O) groups is 1. The molecule has 1 amide bonds. The Labute approximate surface area is 194 Å². The topological polar surface area (TPSA) is 64.8 Å². The van der Waals surface area contributed by atoms with Crippen LogP contribution in [0.25, 0.3) is 0 Å². The van der Waals surface area contributed by atoms with E-state index in [9.17, 15) is 4.79 Å². The highest BCUT2D eigenvalue weighted by molar-refractivity contribution is 6.37. The van der Waals surface area contributed by atoms with Gasteiger partial charge in [-0.2, -0.15) is 0 Å². The molecule has 1 atom stereocenters. The zero-order valence-electron chi connectivity index (χ0n) is 17.9. The molecule has 31 heavy (non-hydrogen) atoms. The maximum absolute atomic E-state index is 12.7. The molecule has 0 aromatic heterocycles. The first kappa shape index (κ1) is 23.7. The number of likely N-dealkylation sites (tertiary alicyclic amines) is 1. The number of amides is 1. The molecule has 1 saturated heterocycles. The third kappa shape index (κ3) is 6.76. The molecule has 1 fully saturated rings. The molecule has 3 rings (SSSR count). The predicted octanol–water partition coefficient (Wildman–Crippen LogP) is 4.89. The molecule has 2 N–H and O–H groups in total. The summed E-state index contributed by atoms with van der Waals surface area (Å²) in [6.07, 6.45) is 4.01. The second-order valence-electron chi connectivity index (χ2n) is 7.92. The zero-order valence-corrected chi connectivity index (χ0v) is 19.4. The van der Waals surface area contributed by atoms with E-state index in [4.69, 9.17) is 38.4 Å². The SMILES string of the molecule is Cc1cc(Cl)c(OCCOc2ccc(CC(CN)C(=O)N3CCCCC3)cc2)c(Cl)c1. The molecule has 0 saturated carbocycles. The molecule has 0 spiro atoms. The first-order chi connectivity index (χ1) is 15.0. The van der Waals surface area contributed by atoms with Crippen molar-refractivity contribution in [2.75, 3.05) is 32.8 Å². The van der Waals surface area contributed by atoms with Crippen LogP contribution in [0, 0.1) is 12.8 Å². The molecule has 1 aliphatic heterocycles. The summed E-state index contributed by atoms with van der Waals surface area (Å²) in [5, 5.41) is 0.978. The van der Waals surface area contributed by atoms with E-state index < -0.39 is 0 Å². The molecule has 168 valence electrons. The zero-order chi connectivity index (χ0) is 22.2. The molecule has 2 aromatic carbocycles. The van der Waals surface area contributed by atoms with Gasteiger partial charge in [-0.05, 0) is 68.0 Å². The first-order valence-corrected chi connectivity index (χ1v) is 11.5. The largest absolute Gasteiger partial charge is 0.490 e. The number of carbonyl (C=O) groups excluding carboxylic acids is 1. The van der Waals surface area contributed by atoms with E-state index in [1.807, 2.05) is 48.2 Å².